The van der Waals surface area contributed by atoms with Gasteiger partial charge in [0.25, 0.3) is 5.92 Å². The van der Waals surface area contributed by atoms with E-state index in [4.69, 9.17) is 4.84 Å². The topological polar surface area (TPSA) is 21.3 Å². The molecule has 1 aliphatic heterocycles. The first-order valence-electron chi connectivity index (χ1n) is 4.46. The fourth-order valence-corrected chi connectivity index (χ4v) is 2.36. The van der Waals surface area contributed by atoms with Crippen molar-refractivity contribution in [3.63, 3.8) is 0 Å². The van der Waals surface area contributed by atoms with Crippen LogP contribution in [0.5, 0.6) is 0 Å². The minimum atomic E-state index is -2.94. The Morgan fingerprint density at radius 3 is 2.64 bits per heavy atom. The molecule has 0 spiro atoms. The molecule has 82 valence electrons. The van der Waals surface area contributed by atoms with Crippen molar-refractivity contribution in [2.75, 3.05) is 13.3 Å². The van der Waals surface area contributed by atoms with E-state index in [0.717, 1.165) is 0 Å². The Kier molecular flexibility index (Phi) is 2.23. The predicted octanol–water partition coefficient (Wildman–Crippen LogP) is 1.61. The second-order valence-electron chi connectivity index (χ2n) is 4.02. The van der Waals surface area contributed by atoms with E-state index >= 15 is 0 Å². The van der Waals surface area contributed by atoms with Gasteiger partial charge in [-0.05, 0) is 0 Å². The lowest BCUT2D eigenvalue weighted by molar-refractivity contribution is -0.104. The number of nitrogens with one attached hydrogen (secondary N) is 1. The van der Waals surface area contributed by atoms with Crippen LogP contribution in [0.1, 0.15) is 12.8 Å². The maximum atomic E-state index is 13.0. The molecule has 0 aromatic rings. The van der Waals surface area contributed by atoms with Gasteiger partial charge in [-0.2, -0.15) is 5.48 Å². The number of hydroxylamine groups is 1. The summed E-state index contributed by atoms with van der Waals surface area (Å²) in [6, 6.07) is -0.806. The minimum absolute atomic E-state index is 0.501. The molecular formula is C8H11F4NO. The third-order valence-electron chi connectivity index (χ3n) is 3.04. The number of hydrogen-bond acceptors (Lipinski definition) is 2. The number of hydrogen-bond donors (Lipinski definition) is 1. The Labute approximate surface area is 78.6 Å². The molecule has 14 heavy (non-hydrogen) atoms. The van der Waals surface area contributed by atoms with Gasteiger partial charge in [-0.25, -0.2) is 17.6 Å². The molecule has 0 aromatic carbocycles. The number of rotatable bonds is 2. The first-order valence-corrected chi connectivity index (χ1v) is 4.46. The SMILES string of the molecule is FCC1NOC2(CF)CC(F)(F)CC12. The zero-order valence-corrected chi connectivity index (χ0v) is 7.40. The third kappa shape index (κ3) is 1.32. The van der Waals surface area contributed by atoms with Gasteiger partial charge in [0.2, 0.25) is 0 Å². The monoisotopic (exact) mass is 213 g/mol. The standard InChI is InChI=1S/C8H11F4NO/c9-2-6-5-1-8(11,12)3-7(5,4-10)14-13-6/h5-6,13H,1-4H2. The maximum absolute atomic E-state index is 13.0. The lowest BCUT2D eigenvalue weighted by atomic mass is 9.88. The molecule has 2 nitrogen and oxygen atoms in total. The van der Waals surface area contributed by atoms with Gasteiger partial charge < -0.3 is 0 Å². The van der Waals surface area contributed by atoms with Crippen molar-refractivity contribution in [3.8, 4) is 0 Å². The Bertz CT molecular complexity index is 237. The van der Waals surface area contributed by atoms with E-state index in [0.29, 0.717) is 0 Å². The number of fused-ring (bicyclic) bond motifs is 1. The maximum Gasteiger partial charge on any atom is 0.251 e. The molecule has 0 bridgehead atoms. The molecule has 1 heterocycles. The molecule has 6 heteroatoms. The highest BCUT2D eigenvalue weighted by Gasteiger charge is 2.63. The lowest BCUT2D eigenvalue weighted by Crippen LogP contribution is -2.36. The Balaban J connectivity index is 2.22. The molecule has 1 saturated carbocycles. The zero-order valence-electron chi connectivity index (χ0n) is 7.40. The van der Waals surface area contributed by atoms with Crippen molar-refractivity contribution in [3.05, 3.63) is 0 Å². The van der Waals surface area contributed by atoms with Gasteiger partial charge in [-0.15, -0.1) is 0 Å². The van der Waals surface area contributed by atoms with Gasteiger partial charge in [0.15, 0.2) is 0 Å². The van der Waals surface area contributed by atoms with E-state index in [-0.39, 0.29) is 0 Å². The van der Waals surface area contributed by atoms with E-state index in [9.17, 15) is 17.6 Å². The van der Waals surface area contributed by atoms with Gasteiger partial charge in [0.1, 0.15) is 19.0 Å². The van der Waals surface area contributed by atoms with Gasteiger partial charge in [-0.1, -0.05) is 0 Å². The van der Waals surface area contributed by atoms with Crippen molar-refractivity contribution in [2.45, 2.75) is 30.4 Å². The largest absolute Gasteiger partial charge is 0.291 e. The van der Waals surface area contributed by atoms with Gasteiger partial charge in [0.05, 0.1) is 6.04 Å². The summed E-state index contributed by atoms with van der Waals surface area (Å²) in [6.07, 6.45) is -1.16. The average Bonchev–Trinajstić information content (AvgIpc) is 2.56. The molecule has 1 saturated heterocycles. The highest BCUT2D eigenvalue weighted by atomic mass is 19.3. The number of alkyl halides is 4. The van der Waals surface area contributed by atoms with Crippen molar-refractivity contribution < 1.29 is 22.4 Å². The molecule has 1 aliphatic carbocycles. The van der Waals surface area contributed by atoms with E-state index in [1.165, 1.54) is 0 Å². The summed E-state index contributed by atoms with van der Waals surface area (Å²) in [5, 5.41) is 0. The summed E-state index contributed by atoms with van der Waals surface area (Å²) >= 11 is 0. The molecule has 0 aromatic heterocycles. The summed E-state index contributed by atoms with van der Waals surface area (Å²) in [7, 11) is 0. The van der Waals surface area contributed by atoms with Gasteiger partial charge in [-0.3, -0.25) is 4.84 Å². The average molecular weight is 213 g/mol. The van der Waals surface area contributed by atoms with Crippen LogP contribution in [-0.4, -0.2) is 30.9 Å². The third-order valence-corrected chi connectivity index (χ3v) is 3.04. The van der Waals surface area contributed by atoms with Crippen LogP contribution in [0.2, 0.25) is 0 Å². The first kappa shape index (κ1) is 10.2. The van der Waals surface area contributed by atoms with Gasteiger partial charge >= 0.3 is 0 Å². The summed E-state index contributed by atoms with van der Waals surface area (Å²) in [4.78, 5) is 4.81. The second kappa shape index (κ2) is 3.06. The van der Waals surface area contributed by atoms with Crippen LogP contribution in [0.25, 0.3) is 0 Å². The Morgan fingerprint density at radius 1 is 1.36 bits per heavy atom. The van der Waals surface area contributed by atoms with E-state index in [1.807, 2.05) is 0 Å². The number of halogens is 4. The highest BCUT2D eigenvalue weighted by Crippen LogP contribution is 2.51. The van der Waals surface area contributed by atoms with Crippen LogP contribution >= 0.6 is 0 Å². The van der Waals surface area contributed by atoms with Crippen molar-refractivity contribution in [1.82, 2.24) is 5.48 Å². The molecule has 2 rings (SSSR count). The Morgan fingerprint density at radius 2 is 2.07 bits per heavy atom. The van der Waals surface area contributed by atoms with E-state index in [1.54, 1.807) is 0 Å². The van der Waals surface area contributed by atoms with Crippen molar-refractivity contribution in [1.29, 1.82) is 0 Å². The fourth-order valence-electron chi connectivity index (χ4n) is 2.36. The fraction of sp³-hybridized carbons (Fsp3) is 1.00. The van der Waals surface area contributed by atoms with E-state index < -0.39 is 49.7 Å². The summed E-state index contributed by atoms with van der Waals surface area (Å²) in [6.45, 7) is -1.82. The minimum Gasteiger partial charge on any atom is -0.291 e. The van der Waals surface area contributed by atoms with Crippen molar-refractivity contribution >= 4 is 0 Å². The molecule has 0 radical (unpaired) electrons. The highest BCUT2D eigenvalue weighted by molar-refractivity contribution is 5.07. The van der Waals surface area contributed by atoms with Gasteiger partial charge in [0, 0.05) is 18.8 Å². The molecule has 3 unspecified atom stereocenters. The van der Waals surface area contributed by atoms with Crippen LogP contribution in [0.4, 0.5) is 17.6 Å². The van der Waals surface area contributed by atoms with Crippen LogP contribution < -0.4 is 5.48 Å². The van der Waals surface area contributed by atoms with Crippen molar-refractivity contribution in [2.24, 2.45) is 5.92 Å². The zero-order chi connectivity index (χ0) is 10.4. The van der Waals surface area contributed by atoms with E-state index in [2.05, 4.69) is 5.48 Å². The smallest absolute Gasteiger partial charge is 0.251 e. The molecule has 0 amide bonds. The molecular weight excluding hydrogens is 202 g/mol. The van der Waals surface area contributed by atoms with Crippen LogP contribution in [0.3, 0.4) is 0 Å². The normalized spacial score (nSPS) is 45.4. The Hall–Kier alpha value is -0.360. The lowest BCUT2D eigenvalue weighted by Gasteiger charge is -2.22. The molecule has 2 fully saturated rings. The molecule has 3 atom stereocenters. The summed E-state index contributed by atoms with van der Waals surface area (Å²) in [5.41, 5.74) is 0.776. The molecule has 2 aliphatic rings. The second-order valence-corrected chi connectivity index (χ2v) is 4.02. The van der Waals surface area contributed by atoms with Crippen LogP contribution in [-0.2, 0) is 4.84 Å². The molecule has 1 N–H and O–H groups in total. The van der Waals surface area contributed by atoms with Crippen LogP contribution in [0.15, 0.2) is 0 Å². The van der Waals surface area contributed by atoms with Crippen LogP contribution in [0, 0.1) is 5.92 Å². The quantitative estimate of drug-likeness (QED) is 0.703. The predicted molar refractivity (Wildman–Crippen MR) is 40.4 cm³/mol. The summed E-state index contributed by atoms with van der Waals surface area (Å²) < 4.78 is 51.1. The summed E-state index contributed by atoms with van der Waals surface area (Å²) in [5.74, 6) is -3.71. The first-order chi connectivity index (χ1) is 6.53.